The van der Waals surface area contributed by atoms with Crippen LogP contribution in [0, 0.1) is 0 Å². The van der Waals surface area contributed by atoms with Gasteiger partial charge in [0.2, 0.25) is 22.4 Å². The second-order valence-corrected chi connectivity index (χ2v) is 10.4. The molecule has 6 aromatic rings. The highest BCUT2D eigenvalue weighted by Gasteiger charge is 2.22. The number of ether oxygens (including phenoxy) is 8. The van der Waals surface area contributed by atoms with Crippen molar-refractivity contribution in [1.29, 1.82) is 0 Å². The largest absolute Gasteiger partial charge is 0.497 e. The lowest BCUT2D eigenvalue weighted by Gasteiger charge is -2.12. The second-order valence-electron chi connectivity index (χ2n) is 10.4. The smallest absolute Gasteiger partial charge is 0.239 e. The van der Waals surface area contributed by atoms with Gasteiger partial charge in [0.15, 0.2) is 11.5 Å². The van der Waals surface area contributed by atoms with Crippen molar-refractivity contribution >= 4 is 21.9 Å². The standard InChI is InChI=1S/2C19H18O6/c2*1-21-12-7-5-11(6-8-12)18-19(24-4)17(20)16-14(23-3)9-13(22-2)10-15(16)25-18/h2*5-10H,1-4H3. The summed E-state index contributed by atoms with van der Waals surface area (Å²) in [6.07, 6.45) is 0. The Labute approximate surface area is 287 Å². The molecule has 0 bridgehead atoms. The van der Waals surface area contributed by atoms with E-state index < -0.39 is 0 Å². The van der Waals surface area contributed by atoms with Crippen LogP contribution in [0.4, 0.5) is 0 Å². The maximum Gasteiger partial charge on any atom is 0.239 e. The van der Waals surface area contributed by atoms with Crippen LogP contribution in [0.25, 0.3) is 44.6 Å². The Morgan fingerprint density at radius 2 is 0.740 bits per heavy atom. The summed E-state index contributed by atoms with van der Waals surface area (Å²) in [7, 11) is 12.1. The van der Waals surface area contributed by atoms with Crippen molar-refractivity contribution in [3.8, 4) is 68.6 Å². The molecule has 50 heavy (non-hydrogen) atoms. The van der Waals surface area contributed by atoms with Gasteiger partial charge in [-0.2, -0.15) is 0 Å². The van der Waals surface area contributed by atoms with Gasteiger partial charge in [0.05, 0.1) is 56.9 Å². The summed E-state index contributed by atoms with van der Waals surface area (Å²) in [5.41, 5.74) is 1.47. The van der Waals surface area contributed by atoms with Crippen LogP contribution in [0.5, 0.6) is 46.0 Å². The molecule has 0 radical (unpaired) electrons. The number of hydrogen-bond acceptors (Lipinski definition) is 12. The molecule has 12 heteroatoms. The lowest BCUT2D eigenvalue weighted by molar-refractivity contribution is 0.388. The summed E-state index contributed by atoms with van der Waals surface area (Å²) in [6.45, 7) is 0. The van der Waals surface area contributed by atoms with Crippen LogP contribution in [0.1, 0.15) is 0 Å². The van der Waals surface area contributed by atoms with E-state index in [0.717, 1.165) is 0 Å². The molecule has 2 aromatic heterocycles. The Morgan fingerprint density at radius 1 is 0.400 bits per heavy atom. The van der Waals surface area contributed by atoms with Crippen LogP contribution in [0.2, 0.25) is 0 Å². The Kier molecular flexibility index (Phi) is 10.7. The minimum atomic E-state index is -0.311. The first-order valence-electron chi connectivity index (χ1n) is 15.1. The topological polar surface area (TPSA) is 134 Å². The first kappa shape index (κ1) is 35.0. The molecule has 2 heterocycles. The fourth-order valence-corrected chi connectivity index (χ4v) is 5.28. The van der Waals surface area contributed by atoms with Gasteiger partial charge in [-0.15, -0.1) is 0 Å². The third-order valence-corrected chi connectivity index (χ3v) is 7.81. The predicted molar refractivity (Wildman–Crippen MR) is 188 cm³/mol. The maximum atomic E-state index is 12.9. The fourth-order valence-electron chi connectivity index (χ4n) is 5.28. The van der Waals surface area contributed by atoms with Crippen molar-refractivity contribution in [2.24, 2.45) is 0 Å². The minimum absolute atomic E-state index is 0.112. The molecule has 0 aliphatic rings. The fraction of sp³-hybridized carbons (Fsp3) is 0.211. The quantitative estimate of drug-likeness (QED) is 0.147. The third-order valence-electron chi connectivity index (χ3n) is 7.81. The van der Waals surface area contributed by atoms with E-state index in [0.29, 0.717) is 79.1 Å². The first-order valence-corrected chi connectivity index (χ1v) is 15.1. The zero-order valence-electron chi connectivity index (χ0n) is 28.8. The van der Waals surface area contributed by atoms with Crippen LogP contribution >= 0.6 is 0 Å². The average Bonchev–Trinajstić information content (AvgIpc) is 3.16. The van der Waals surface area contributed by atoms with Crippen LogP contribution in [-0.2, 0) is 0 Å². The number of methoxy groups -OCH3 is 8. The minimum Gasteiger partial charge on any atom is -0.497 e. The SMILES string of the molecule is COc1ccc(-c2oc3cc(OC)cc(OC)c3c(=O)c2OC)cc1.COc1ccc(-c2oc3cc(OC)cc(OC)c3c(=O)c2OC)cc1. The van der Waals surface area contributed by atoms with Gasteiger partial charge in [-0.1, -0.05) is 0 Å². The van der Waals surface area contributed by atoms with Crippen molar-refractivity contribution in [2.75, 3.05) is 56.9 Å². The van der Waals surface area contributed by atoms with Crippen LogP contribution in [0.3, 0.4) is 0 Å². The molecular weight excluding hydrogens is 648 g/mol. The van der Waals surface area contributed by atoms with Crippen LogP contribution in [0.15, 0.2) is 91.2 Å². The van der Waals surface area contributed by atoms with Crippen molar-refractivity contribution < 1.29 is 46.7 Å². The second kappa shape index (κ2) is 15.3. The van der Waals surface area contributed by atoms with Gasteiger partial charge in [0, 0.05) is 35.4 Å². The van der Waals surface area contributed by atoms with Crippen molar-refractivity contribution in [1.82, 2.24) is 0 Å². The summed E-state index contributed by atoms with van der Waals surface area (Å²) in [5, 5.41) is 0.606. The molecule has 0 spiro atoms. The normalized spacial score (nSPS) is 10.6. The molecule has 4 aromatic carbocycles. The van der Waals surface area contributed by atoms with Crippen LogP contribution in [-0.4, -0.2) is 56.9 Å². The highest BCUT2D eigenvalue weighted by Crippen LogP contribution is 2.38. The molecule has 12 nitrogen and oxygen atoms in total. The van der Waals surface area contributed by atoms with Crippen molar-refractivity contribution in [3.63, 3.8) is 0 Å². The number of benzene rings is 4. The summed E-state index contributed by atoms with van der Waals surface area (Å²) in [5.74, 6) is 4.07. The zero-order chi connectivity index (χ0) is 35.9. The summed E-state index contributed by atoms with van der Waals surface area (Å²) in [6, 6.07) is 20.9. The molecule has 260 valence electrons. The lowest BCUT2D eigenvalue weighted by Crippen LogP contribution is -2.09. The molecule has 0 unspecified atom stereocenters. The van der Waals surface area contributed by atoms with Gasteiger partial charge in [0.1, 0.15) is 56.4 Å². The zero-order valence-corrected chi connectivity index (χ0v) is 28.8. The monoisotopic (exact) mass is 684 g/mol. The highest BCUT2D eigenvalue weighted by atomic mass is 16.5. The van der Waals surface area contributed by atoms with E-state index in [1.807, 2.05) is 0 Å². The lowest BCUT2D eigenvalue weighted by atomic mass is 10.1. The van der Waals surface area contributed by atoms with E-state index in [2.05, 4.69) is 0 Å². The Morgan fingerprint density at radius 3 is 1.02 bits per heavy atom. The molecule has 0 atom stereocenters. The van der Waals surface area contributed by atoms with Crippen LogP contribution < -0.4 is 48.8 Å². The van der Waals surface area contributed by atoms with Gasteiger partial charge in [-0.3, -0.25) is 9.59 Å². The van der Waals surface area contributed by atoms with E-state index in [9.17, 15) is 9.59 Å². The number of hydrogen-bond donors (Lipinski definition) is 0. The van der Waals surface area contributed by atoms with E-state index in [4.69, 9.17) is 46.7 Å². The summed E-state index contributed by atoms with van der Waals surface area (Å²) >= 11 is 0. The number of fused-ring (bicyclic) bond motifs is 2. The maximum absolute atomic E-state index is 12.9. The van der Waals surface area contributed by atoms with E-state index >= 15 is 0 Å². The Bertz CT molecular complexity index is 2070. The molecule has 0 amide bonds. The van der Waals surface area contributed by atoms with Crippen molar-refractivity contribution in [2.45, 2.75) is 0 Å². The van der Waals surface area contributed by atoms with E-state index in [1.54, 1.807) is 87.0 Å². The average molecular weight is 685 g/mol. The van der Waals surface area contributed by atoms with E-state index in [-0.39, 0.29) is 22.4 Å². The van der Waals surface area contributed by atoms with Gasteiger partial charge in [0.25, 0.3) is 0 Å². The van der Waals surface area contributed by atoms with Crippen molar-refractivity contribution in [3.05, 3.63) is 93.2 Å². The molecule has 0 aliphatic carbocycles. The van der Waals surface area contributed by atoms with Gasteiger partial charge < -0.3 is 46.7 Å². The molecule has 0 saturated carbocycles. The first-order chi connectivity index (χ1) is 24.2. The van der Waals surface area contributed by atoms with Gasteiger partial charge in [-0.05, 0) is 48.5 Å². The predicted octanol–water partition coefficient (Wildman–Crippen LogP) is 6.99. The molecule has 0 aliphatic heterocycles. The third kappa shape index (κ3) is 6.68. The number of rotatable bonds is 10. The Hall–Kier alpha value is -6.30. The molecule has 0 saturated heterocycles. The molecule has 0 fully saturated rings. The summed E-state index contributed by atoms with van der Waals surface area (Å²) in [4.78, 5) is 25.9. The Balaban J connectivity index is 0.000000194. The van der Waals surface area contributed by atoms with Gasteiger partial charge in [-0.25, -0.2) is 0 Å². The molecular formula is C38H36O12. The van der Waals surface area contributed by atoms with Gasteiger partial charge >= 0.3 is 0 Å². The summed E-state index contributed by atoms with van der Waals surface area (Å²) < 4.78 is 54.1. The van der Waals surface area contributed by atoms with E-state index in [1.165, 1.54) is 42.7 Å². The molecule has 0 N–H and O–H groups in total. The highest BCUT2D eigenvalue weighted by molar-refractivity contribution is 5.89. The molecule has 6 rings (SSSR count).